The molecule has 0 fully saturated rings. The van der Waals surface area contributed by atoms with Crippen LogP contribution in [0, 0.1) is 0 Å². The van der Waals surface area contributed by atoms with Crippen LogP contribution in [-0.4, -0.2) is 0 Å². The molecule has 0 saturated carbocycles. The van der Waals surface area contributed by atoms with Crippen molar-refractivity contribution >= 4 is 60.5 Å². The average molecular weight is 628 g/mol. The van der Waals surface area contributed by atoms with Gasteiger partial charge in [0.25, 0.3) is 0 Å². The van der Waals surface area contributed by atoms with Crippen molar-refractivity contribution < 1.29 is 4.42 Å². The zero-order valence-electron chi connectivity index (χ0n) is 27.4. The molecule has 1 aromatic heterocycles. The first kappa shape index (κ1) is 27.9. The molecule has 0 bridgehead atoms. The molecule has 1 aliphatic carbocycles. The van der Waals surface area contributed by atoms with E-state index >= 15 is 0 Å². The Morgan fingerprint density at radius 3 is 1.98 bits per heavy atom. The topological polar surface area (TPSA) is 16.4 Å². The fraction of sp³-hybridized carbons (Fsp3) is 0.0638. The van der Waals surface area contributed by atoms with Crippen LogP contribution in [0.25, 0.3) is 65.7 Å². The van der Waals surface area contributed by atoms with Gasteiger partial charge in [0.1, 0.15) is 11.2 Å². The normalized spacial score (nSPS) is 13.3. The lowest BCUT2D eigenvalue weighted by Gasteiger charge is -2.28. The van der Waals surface area contributed by atoms with Crippen molar-refractivity contribution in [2.24, 2.45) is 0 Å². The number of fused-ring (bicyclic) bond motifs is 8. The summed E-state index contributed by atoms with van der Waals surface area (Å²) in [6.45, 7) is 4.69. The Labute approximate surface area is 285 Å². The van der Waals surface area contributed by atoms with Gasteiger partial charge in [-0.1, -0.05) is 129 Å². The van der Waals surface area contributed by atoms with E-state index in [1.807, 2.05) is 0 Å². The lowest BCUT2D eigenvalue weighted by molar-refractivity contribution is 0.660. The minimum absolute atomic E-state index is 0.102. The van der Waals surface area contributed by atoms with Gasteiger partial charge in [-0.25, -0.2) is 0 Å². The van der Waals surface area contributed by atoms with Crippen molar-refractivity contribution in [3.63, 3.8) is 0 Å². The van der Waals surface area contributed by atoms with Crippen molar-refractivity contribution in [1.29, 1.82) is 0 Å². The summed E-state index contributed by atoms with van der Waals surface area (Å²) >= 11 is 0. The van der Waals surface area contributed by atoms with Gasteiger partial charge in [-0.15, -0.1) is 0 Å². The molecule has 232 valence electrons. The molecule has 2 nitrogen and oxygen atoms in total. The molecular formula is C47H33NO. The third kappa shape index (κ3) is 4.20. The van der Waals surface area contributed by atoms with Crippen LogP contribution in [0.3, 0.4) is 0 Å². The Kier molecular flexibility index (Phi) is 5.95. The second kappa shape index (κ2) is 10.4. The van der Waals surface area contributed by atoms with E-state index in [0.29, 0.717) is 0 Å². The fourth-order valence-electron chi connectivity index (χ4n) is 8.19. The van der Waals surface area contributed by atoms with Crippen molar-refractivity contribution in [3.8, 4) is 22.3 Å². The molecule has 1 aliphatic rings. The first-order chi connectivity index (χ1) is 24.0. The Bertz CT molecular complexity index is 2750. The molecule has 0 unspecified atom stereocenters. The molecule has 0 atom stereocenters. The summed E-state index contributed by atoms with van der Waals surface area (Å²) in [5.74, 6) is 0. The summed E-state index contributed by atoms with van der Waals surface area (Å²) in [6.07, 6.45) is 0. The number of rotatable bonds is 4. The van der Waals surface area contributed by atoms with Gasteiger partial charge in [0.05, 0.1) is 0 Å². The number of anilines is 3. The van der Waals surface area contributed by atoms with Crippen LogP contribution in [0.15, 0.2) is 168 Å². The zero-order valence-corrected chi connectivity index (χ0v) is 27.4. The maximum Gasteiger partial charge on any atom is 0.143 e. The number of hydrogen-bond donors (Lipinski definition) is 0. The second-order valence-electron chi connectivity index (χ2n) is 13.8. The molecule has 10 rings (SSSR count). The molecule has 0 spiro atoms. The van der Waals surface area contributed by atoms with Gasteiger partial charge in [-0.3, -0.25) is 0 Å². The first-order valence-corrected chi connectivity index (χ1v) is 17.0. The lowest BCUT2D eigenvalue weighted by Crippen LogP contribution is -2.16. The number of benzene rings is 8. The van der Waals surface area contributed by atoms with Crippen LogP contribution < -0.4 is 4.90 Å². The maximum absolute atomic E-state index is 6.90. The SMILES string of the molecule is CC1(C)c2ccccc2-c2ccc(N(c3ccc4ccccc4c3)c3ccc4c(c3)oc3c(-c5ccccc5)c5ccccc5cc34)cc21. The predicted octanol–water partition coefficient (Wildman–Crippen LogP) is 13.3. The molecule has 8 aromatic carbocycles. The van der Waals surface area contributed by atoms with Crippen molar-refractivity contribution in [1.82, 2.24) is 0 Å². The molecule has 0 amide bonds. The minimum Gasteiger partial charge on any atom is -0.455 e. The second-order valence-corrected chi connectivity index (χ2v) is 13.8. The molecule has 2 heteroatoms. The number of hydrogen-bond acceptors (Lipinski definition) is 2. The third-order valence-corrected chi connectivity index (χ3v) is 10.6. The zero-order chi connectivity index (χ0) is 32.7. The van der Waals surface area contributed by atoms with Crippen molar-refractivity contribution in [2.75, 3.05) is 4.90 Å². The number of furan rings is 1. The van der Waals surface area contributed by atoms with E-state index in [-0.39, 0.29) is 5.41 Å². The Balaban J connectivity index is 1.21. The Morgan fingerprint density at radius 1 is 0.449 bits per heavy atom. The van der Waals surface area contributed by atoms with Gasteiger partial charge in [-0.05, 0) is 91.8 Å². The highest BCUT2D eigenvalue weighted by molar-refractivity contribution is 6.18. The van der Waals surface area contributed by atoms with Gasteiger partial charge in [0, 0.05) is 44.9 Å². The summed E-state index contributed by atoms with van der Waals surface area (Å²) in [7, 11) is 0. The van der Waals surface area contributed by atoms with Gasteiger partial charge >= 0.3 is 0 Å². The van der Waals surface area contributed by atoms with Crippen LogP contribution in [0.4, 0.5) is 17.1 Å². The highest BCUT2D eigenvalue weighted by atomic mass is 16.3. The summed E-state index contributed by atoms with van der Waals surface area (Å²) in [5.41, 5.74) is 12.7. The van der Waals surface area contributed by atoms with Crippen LogP contribution >= 0.6 is 0 Å². The van der Waals surface area contributed by atoms with Crippen LogP contribution in [-0.2, 0) is 5.41 Å². The largest absolute Gasteiger partial charge is 0.455 e. The summed E-state index contributed by atoms with van der Waals surface area (Å²) in [5, 5.41) is 7.09. The Hall–Kier alpha value is -6.12. The summed E-state index contributed by atoms with van der Waals surface area (Å²) in [4.78, 5) is 2.38. The van der Waals surface area contributed by atoms with Gasteiger partial charge < -0.3 is 9.32 Å². The van der Waals surface area contributed by atoms with E-state index in [1.165, 1.54) is 43.8 Å². The molecular weight excluding hydrogens is 595 g/mol. The predicted molar refractivity (Wildman–Crippen MR) is 206 cm³/mol. The molecule has 0 N–H and O–H groups in total. The van der Waals surface area contributed by atoms with E-state index in [9.17, 15) is 0 Å². The van der Waals surface area contributed by atoms with Crippen LogP contribution in [0.1, 0.15) is 25.0 Å². The van der Waals surface area contributed by atoms with E-state index in [2.05, 4.69) is 183 Å². The smallest absolute Gasteiger partial charge is 0.143 e. The van der Waals surface area contributed by atoms with Crippen molar-refractivity contribution in [2.45, 2.75) is 19.3 Å². The first-order valence-electron chi connectivity index (χ1n) is 17.0. The van der Waals surface area contributed by atoms with E-state index in [4.69, 9.17) is 4.42 Å². The highest BCUT2D eigenvalue weighted by Gasteiger charge is 2.35. The maximum atomic E-state index is 6.90. The molecule has 49 heavy (non-hydrogen) atoms. The monoisotopic (exact) mass is 627 g/mol. The highest BCUT2D eigenvalue weighted by Crippen LogP contribution is 2.51. The van der Waals surface area contributed by atoms with E-state index < -0.39 is 0 Å². The lowest BCUT2D eigenvalue weighted by atomic mass is 9.82. The van der Waals surface area contributed by atoms with Crippen LogP contribution in [0.2, 0.25) is 0 Å². The summed E-state index contributed by atoms with van der Waals surface area (Å²) < 4.78 is 6.90. The van der Waals surface area contributed by atoms with E-state index in [1.54, 1.807) is 0 Å². The molecule has 9 aromatic rings. The Morgan fingerprint density at radius 2 is 1.10 bits per heavy atom. The minimum atomic E-state index is -0.102. The quantitative estimate of drug-likeness (QED) is 0.193. The molecule has 0 saturated heterocycles. The number of nitrogens with zero attached hydrogens (tertiary/aromatic N) is 1. The van der Waals surface area contributed by atoms with E-state index in [0.717, 1.165) is 50.1 Å². The average Bonchev–Trinajstić information content (AvgIpc) is 3.62. The summed E-state index contributed by atoms with van der Waals surface area (Å²) in [6, 6.07) is 59.4. The van der Waals surface area contributed by atoms with Gasteiger partial charge in [-0.2, -0.15) is 0 Å². The van der Waals surface area contributed by atoms with Crippen LogP contribution in [0.5, 0.6) is 0 Å². The molecule has 1 heterocycles. The van der Waals surface area contributed by atoms with Gasteiger partial charge in [0.15, 0.2) is 0 Å². The van der Waals surface area contributed by atoms with Gasteiger partial charge in [0.2, 0.25) is 0 Å². The van der Waals surface area contributed by atoms with Crippen molar-refractivity contribution in [3.05, 3.63) is 175 Å². The molecule has 0 aliphatic heterocycles. The third-order valence-electron chi connectivity index (χ3n) is 10.6. The standard InChI is InChI=1S/C47H33NO/c1-47(2)42-19-11-10-18-38(42)39-24-22-35(28-43(39)47)48(34-21-20-30-12-6-7-15-32(30)26-34)36-23-25-40-41-27-33-16-8-9-17-37(33)45(31-13-4-3-5-14-31)46(41)49-44(40)29-36/h3-29H,1-2H3. The molecule has 0 radical (unpaired) electrons. The fourth-order valence-corrected chi connectivity index (χ4v) is 8.19.